The Kier molecular flexibility index (Phi) is 4.43. The Bertz CT molecular complexity index is 745. The smallest absolute Gasteiger partial charge is 0.0167 e. The molecular formula is C23H27. The van der Waals surface area contributed by atoms with Gasteiger partial charge in [0.15, 0.2) is 0 Å². The number of fused-ring (bicyclic) bond motifs is 1. The van der Waals surface area contributed by atoms with Gasteiger partial charge < -0.3 is 0 Å². The van der Waals surface area contributed by atoms with E-state index < -0.39 is 0 Å². The molecule has 2 aromatic carbocycles. The molecule has 1 aliphatic carbocycles. The molecule has 0 N–H and O–H groups in total. The Morgan fingerprint density at radius 1 is 0.870 bits per heavy atom. The van der Waals surface area contributed by atoms with Gasteiger partial charge in [0.2, 0.25) is 0 Å². The molecule has 2 aromatic rings. The number of rotatable bonds is 4. The van der Waals surface area contributed by atoms with Gasteiger partial charge in [-0.2, -0.15) is 0 Å². The molecule has 0 bridgehead atoms. The van der Waals surface area contributed by atoms with E-state index in [0.717, 1.165) is 6.42 Å². The van der Waals surface area contributed by atoms with Crippen molar-refractivity contribution in [2.45, 2.75) is 47.0 Å². The van der Waals surface area contributed by atoms with Gasteiger partial charge in [-0.1, -0.05) is 82.7 Å². The monoisotopic (exact) mass is 303 g/mol. The van der Waals surface area contributed by atoms with Crippen LogP contribution in [0.1, 0.15) is 62.8 Å². The molecular weight excluding hydrogens is 276 g/mol. The molecule has 0 unspecified atom stereocenters. The molecule has 0 atom stereocenters. The zero-order chi connectivity index (χ0) is 16.6. The molecule has 3 rings (SSSR count). The summed E-state index contributed by atoms with van der Waals surface area (Å²) in [7, 11) is 0. The standard InChI is InChI=1S/C23H27/c1-6-17-9-7-8-10-21(17)23-20(16(4)5)12-11-18-13-19(15(2)3)14-22(18)23/h7-16H,6H2,1-5H3. The van der Waals surface area contributed by atoms with Crippen molar-refractivity contribution in [2.24, 2.45) is 5.92 Å². The van der Waals surface area contributed by atoms with Gasteiger partial charge in [-0.25, -0.2) is 0 Å². The molecule has 0 saturated carbocycles. The number of allylic oxidation sites excluding steroid dienone is 1. The molecule has 119 valence electrons. The normalized spacial score (nSPS) is 13.6. The van der Waals surface area contributed by atoms with Crippen LogP contribution in [0.3, 0.4) is 0 Å². The summed E-state index contributed by atoms with van der Waals surface area (Å²) in [5.41, 5.74) is 9.98. The van der Waals surface area contributed by atoms with E-state index in [0.29, 0.717) is 11.8 Å². The highest BCUT2D eigenvalue weighted by atomic mass is 14.3. The van der Waals surface area contributed by atoms with Crippen LogP contribution in [-0.2, 0) is 6.42 Å². The predicted octanol–water partition coefficient (Wildman–Crippen LogP) is 6.64. The van der Waals surface area contributed by atoms with Crippen LogP contribution in [0.5, 0.6) is 0 Å². The van der Waals surface area contributed by atoms with Crippen molar-refractivity contribution in [3.05, 3.63) is 70.6 Å². The first kappa shape index (κ1) is 16.1. The summed E-state index contributed by atoms with van der Waals surface area (Å²) in [6, 6.07) is 13.5. The molecule has 1 aliphatic rings. The lowest BCUT2D eigenvalue weighted by Gasteiger charge is -2.19. The topological polar surface area (TPSA) is 0 Å². The van der Waals surface area contributed by atoms with Gasteiger partial charge in [0.05, 0.1) is 0 Å². The van der Waals surface area contributed by atoms with Crippen molar-refractivity contribution in [2.75, 3.05) is 0 Å². The number of benzene rings is 2. The van der Waals surface area contributed by atoms with Crippen LogP contribution in [0.2, 0.25) is 0 Å². The predicted molar refractivity (Wildman–Crippen MR) is 102 cm³/mol. The van der Waals surface area contributed by atoms with Crippen LogP contribution in [0.15, 0.2) is 42.0 Å². The van der Waals surface area contributed by atoms with Gasteiger partial charge in [0.1, 0.15) is 0 Å². The van der Waals surface area contributed by atoms with Crippen LogP contribution in [-0.4, -0.2) is 0 Å². The van der Waals surface area contributed by atoms with E-state index in [-0.39, 0.29) is 0 Å². The fourth-order valence-corrected chi connectivity index (χ4v) is 3.51. The van der Waals surface area contributed by atoms with Crippen LogP contribution in [0.4, 0.5) is 0 Å². The van der Waals surface area contributed by atoms with Crippen molar-refractivity contribution >= 4 is 6.08 Å². The zero-order valence-electron chi connectivity index (χ0n) is 15.0. The number of aryl methyl sites for hydroxylation is 1. The summed E-state index contributed by atoms with van der Waals surface area (Å²) in [4.78, 5) is 0. The van der Waals surface area contributed by atoms with Crippen molar-refractivity contribution in [3.63, 3.8) is 0 Å². The van der Waals surface area contributed by atoms with Gasteiger partial charge in [-0.15, -0.1) is 0 Å². The minimum absolute atomic E-state index is 0.525. The summed E-state index contributed by atoms with van der Waals surface area (Å²) in [5.74, 6) is 1.09. The Hall–Kier alpha value is -1.82. The van der Waals surface area contributed by atoms with Crippen molar-refractivity contribution in [1.82, 2.24) is 0 Å². The highest BCUT2D eigenvalue weighted by Gasteiger charge is 2.23. The van der Waals surface area contributed by atoms with Crippen molar-refractivity contribution in [1.29, 1.82) is 0 Å². The van der Waals surface area contributed by atoms with Crippen LogP contribution in [0.25, 0.3) is 17.2 Å². The first-order valence-corrected chi connectivity index (χ1v) is 8.84. The minimum atomic E-state index is 0.525. The first-order chi connectivity index (χ1) is 11.0. The minimum Gasteiger partial charge on any atom is -0.0620 e. The maximum Gasteiger partial charge on any atom is 0.0167 e. The Morgan fingerprint density at radius 2 is 1.61 bits per heavy atom. The fourth-order valence-electron chi connectivity index (χ4n) is 3.51. The summed E-state index contributed by atoms with van der Waals surface area (Å²) >= 11 is 0. The average molecular weight is 303 g/mol. The molecule has 0 aromatic heterocycles. The molecule has 0 nitrogen and oxygen atoms in total. The first-order valence-electron chi connectivity index (χ1n) is 8.84. The maximum atomic E-state index is 2.41. The van der Waals surface area contributed by atoms with Crippen LogP contribution >= 0.6 is 0 Å². The van der Waals surface area contributed by atoms with E-state index in [1.54, 1.807) is 0 Å². The van der Waals surface area contributed by atoms with E-state index in [1.165, 1.54) is 39.0 Å². The highest BCUT2D eigenvalue weighted by Crippen LogP contribution is 2.42. The SMILES string of the molecule is CCc1ccccc1-c1c(C(C)C)ccc2c1C=C(C(C)C)[CH]2. The summed E-state index contributed by atoms with van der Waals surface area (Å²) in [5, 5.41) is 0. The van der Waals surface area contributed by atoms with Gasteiger partial charge in [-0.05, 0) is 51.6 Å². The molecule has 0 amide bonds. The molecule has 0 spiro atoms. The largest absolute Gasteiger partial charge is 0.0620 e. The summed E-state index contributed by atoms with van der Waals surface area (Å²) < 4.78 is 0. The van der Waals surface area contributed by atoms with Crippen LogP contribution in [0, 0.1) is 12.3 Å². The molecule has 0 heteroatoms. The Balaban J connectivity index is 2.28. The second-order valence-electron chi connectivity index (χ2n) is 7.14. The van der Waals surface area contributed by atoms with Gasteiger partial charge in [0, 0.05) is 6.42 Å². The lowest BCUT2D eigenvalue weighted by atomic mass is 9.85. The highest BCUT2D eigenvalue weighted by molar-refractivity contribution is 5.87. The third-order valence-electron chi connectivity index (χ3n) is 4.90. The third-order valence-corrected chi connectivity index (χ3v) is 4.90. The van der Waals surface area contributed by atoms with Gasteiger partial charge in [0.25, 0.3) is 0 Å². The molecule has 0 fully saturated rings. The fraction of sp³-hybridized carbons (Fsp3) is 0.348. The van der Waals surface area contributed by atoms with Crippen molar-refractivity contribution < 1.29 is 0 Å². The molecule has 0 aliphatic heterocycles. The third kappa shape index (κ3) is 2.87. The summed E-state index contributed by atoms with van der Waals surface area (Å²) in [6.07, 6.45) is 5.84. The van der Waals surface area contributed by atoms with Crippen molar-refractivity contribution in [3.8, 4) is 11.1 Å². The zero-order valence-corrected chi connectivity index (χ0v) is 15.0. The van der Waals surface area contributed by atoms with E-state index in [2.05, 4.69) is 83.5 Å². The lowest BCUT2D eigenvalue weighted by Crippen LogP contribution is -1.99. The van der Waals surface area contributed by atoms with E-state index in [4.69, 9.17) is 0 Å². The number of hydrogen-bond donors (Lipinski definition) is 0. The molecule has 0 heterocycles. The molecule has 0 saturated heterocycles. The quantitative estimate of drug-likeness (QED) is 0.593. The second kappa shape index (κ2) is 6.35. The molecule has 23 heavy (non-hydrogen) atoms. The van der Waals surface area contributed by atoms with Gasteiger partial charge in [-0.3, -0.25) is 0 Å². The molecule has 1 radical (unpaired) electrons. The van der Waals surface area contributed by atoms with Gasteiger partial charge >= 0.3 is 0 Å². The van der Waals surface area contributed by atoms with E-state index in [1.807, 2.05) is 0 Å². The van der Waals surface area contributed by atoms with E-state index >= 15 is 0 Å². The Labute approximate surface area is 141 Å². The maximum absolute atomic E-state index is 2.41. The number of hydrogen-bond acceptors (Lipinski definition) is 0. The Morgan fingerprint density at radius 3 is 2.26 bits per heavy atom. The van der Waals surface area contributed by atoms with E-state index in [9.17, 15) is 0 Å². The van der Waals surface area contributed by atoms with Crippen LogP contribution < -0.4 is 0 Å². The second-order valence-corrected chi connectivity index (χ2v) is 7.14. The summed E-state index contributed by atoms with van der Waals surface area (Å²) in [6.45, 7) is 11.4. The lowest BCUT2D eigenvalue weighted by molar-refractivity contribution is 0.789. The average Bonchev–Trinajstić information content (AvgIpc) is 2.98.